The van der Waals surface area contributed by atoms with Gasteiger partial charge in [0.25, 0.3) is 0 Å². The van der Waals surface area contributed by atoms with E-state index in [0.29, 0.717) is 5.75 Å². The van der Waals surface area contributed by atoms with Gasteiger partial charge in [0.05, 0.1) is 4.47 Å². The topological polar surface area (TPSA) is 18.5 Å². The first-order valence-electron chi connectivity index (χ1n) is 5.76. The molecular weight excluding hydrogens is 356 g/mol. The molecule has 0 aromatic heterocycles. The summed E-state index contributed by atoms with van der Waals surface area (Å²) in [7, 11) is 0. The predicted octanol–water partition coefficient (Wildman–Crippen LogP) is 5.07. The van der Waals surface area contributed by atoms with Gasteiger partial charge in [-0.25, -0.2) is 4.39 Å². The summed E-state index contributed by atoms with van der Waals surface area (Å²) in [4.78, 5) is 0. The van der Waals surface area contributed by atoms with Crippen LogP contribution in [0.15, 0.2) is 46.9 Å². The second-order valence-corrected chi connectivity index (χ2v) is 4.91. The first-order chi connectivity index (χ1) is 9.83. The predicted molar refractivity (Wildman–Crippen MR) is 71.6 cm³/mol. The number of hydrogen-bond donors (Lipinski definition) is 0. The van der Waals surface area contributed by atoms with E-state index in [1.807, 2.05) is 0 Å². The van der Waals surface area contributed by atoms with Crippen LogP contribution in [0, 0.1) is 5.82 Å². The lowest BCUT2D eigenvalue weighted by Crippen LogP contribution is -2.17. The van der Waals surface area contributed by atoms with Crippen LogP contribution in [0.1, 0.15) is 5.56 Å². The zero-order chi connectivity index (χ0) is 15.5. The molecule has 21 heavy (non-hydrogen) atoms. The number of rotatable bonds is 4. The summed E-state index contributed by atoms with van der Waals surface area (Å²) in [6.45, 7) is 0.173. The van der Waals surface area contributed by atoms with Crippen molar-refractivity contribution in [3.8, 4) is 11.5 Å². The molecule has 0 saturated carbocycles. The molecule has 0 aliphatic heterocycles. The van der Waals surface area contributed by atoms with Crippen molar-refractivity contribution in [3.63, 3.8) is 0 Å². The summed E-state index contributed by atoms with van der Waals surface area (Å²) in [6, 6.07) is 9.60. The van der Waals surface area contributed by atoms with Crippen molar-refractivity contribution in [2.24, 2.45) is 0 Å². The van der Waals surface area contributed by atoms with E-state index in [9.17, 15) is 17.6 Å². The molecule has 0 N–H and O–H groups in total. The highest BCUT2D eigenvalue weighted by Crippen LogP contribution is 2.33. The Morgan fingerprint density at radius 3 is 2.24 bits per heavy atom. The van der Waals surface area contributed by atoms with Crippen molar-refractivity contribution < 1.29 is 27.0 Å². The zero-order valence-electron chi connectivity index (χ0n) is 10.5. The minimum absolute atomic E-state index is 0.122. The molecule has 2 aromatic carbocycles. The third kappa shape index (κ3) is 4.93. The maximum Gasteiger partial charge on any atom is 0.573 e. The molecule has 2 nitrogen and oxygen atoms in total. The highest BCUT2D eigenvalue weighted by molar-refractivity contribution is 9.10. The van der Waals surface area contributed by atoms with E-state index >= 15 is 0 Å². The highest BCUT2D eigenvalue weighted by atomic mass is 79.9. The normalized spacial score (nSPS) is 11.3. The van der Waals surface area contributed by atoms with Gasteiger partial charge in [0.15, 0.2) is 0 Å². The molecule has 0 fully saturated rings. The third-order valence-corrected chi connectivity index (χ3v) is 3.07. The van der Waals surface area contributed by atoms with Crippen LogP contribution >= 0.6 is 15.9 Å². The van der Waals surface area contributed by atoms with Crippen LogP contribution in [0.2, 0.25) is 0 Å². The van der Waals surface area contributed by atoms with Crippen LogP contribution < -0.4 is 9.47 Å². The van der Waals surface area contributed by atoms with Gasteiger partial charge in [0, 0.05) is 0 Å². The average molecular weight is 365 g/mol. The molecule has 0 spiro atoms. The Morgan fingerprint density at radius 2 is 1.67 bits per heavy atom. The molecule has 0 radical (unpaired) electrons. The smallest absolute Gasteiger partial charge is 0.489 e. The molecule has 0 aliphatic carbocycles. The minimum atomic E-state index is -4.75. The molecule has 0 unspecified atom stereocenters. The molecule has 2 aromatic rings. The SMILES string of the molecule is Fc1ccc(COc2ccc(OC(F)(F)F)c(Br)c2)cc1. The molecule has 2 rings (SSSR count). The Balaban J connectivity index is 2.01. The van der Waals surface area contributed by atoms with Gasteiger partial charge >= 0.3 is 6.36 Å². The Bertz CT molecular complexity index is 611. The van der Waals surface area contributed by atoms with Gasteiger partial charge in [-0.3, -0.25) is 0 Å². The summed E-state index contributed by atoms with van der Waals surface area (Å²) in [5, 5.41) is 0. The number of benzene rings is 2. The number of halogens is 5. The quantitative estimate of drug-likeness (QED) is 0.705. The molecule has 0 atom stereocenters. The first-order valence-corrected chi connectivity index (χ1v) is 6.55. The maximum absolute atomic E-state index is 12.7. The van der Waals surface area contributed by atoms with Gasteiger partial charge in [-0.05, 0) is 51.8 Å². The second kappa shape index (κ2) is 6.34. The molecule has 0 heterocycles. The van der Waals surface area contributed by atoms with E-state index in [-0.39, 0.29) is 22.6 Å². The van der Waals surface area contributed by atoms with Gasteiger partial charge in [-0.1, -0.05) is 12.1 Å². The summed E-state index contributed by atoms with van der Waals surface area (Å²) in [6.07, 6.45) is -4.75. The Labute approximate surface area is 126 Å². The Morgan fingerprint density at radius 1 is 1.00 bits per heavy atom. The Kier molecular flexibility index (Phi) is 4.72. The van der Waals surface area contributed by atoms with Crippen LogP contribution in [-0.4, -0.2) is 6.36 Å². The van der Waals surface area contributed by atoms with E-state index in [1.165, 1.54) is 24.3 Å². The second-order valence-electron chi connectivity index (χ2n) is 4.06. The molecule has 7 heteroatoms. The van der Waals surface area contributed by atoms with Crippen molar-refractivity contribution in [2.45, 2.75) is 13.0 Å². The number of ether oxygens (including phenoxy) is 2. The van der Waals surface area contributed by atoms with E-state index in [0.717, 1.165) is 11.6 Å². The van der Waals surface area contributed by atoms with Crippen molar-refractivity contribution in [3.05, 3.63) is 58.3 Å². The average Bonchev–Trinajstić information content (AvgIpc) is 2.40. The minimum Gasteiger partial charge on any atom is -0.489 e. The highest BCUT2D eigenvalue weighted by Gasteiger charge is 2.31. The van der Waals surface area contributed by atoms with Crippen LogP contribution in [-0.2, 0) is 6.61 Å². The van der Waals surface area contributed by atoms with E-state index in [2.05, 4.69) is 20.7 Å². The molecule has 0 amide bonds. The molecule has 112 valence electrons. The van der Waals surface area contributed by atoms with E-state index < -0.39 is 6.36 Å². The summed E-state index contributed by atoms with van der Waals surface area (Å²) in [5.74, 6) is -0.340. The lowest BCUT2D eigenvalue weighted by molar-refractivity contribution is -0.274. The van der Waals surface area contributed by atoms with Gasteiger partial charge in [-0.2, -0.15) is 0 Å². The van der Waals surface area contributed by atoms with Gasteiger partial charge in [0.1, 0.15) is 23.9 Å². The number of hydrogen-bond acceptors (Lipinski definition) is 2. The molecule has 0 saturated heterocycles. The van der Waals surface area contributed by atoms with Gasteiger partial charge < -0.3 is 9.47 Å². The van der Waals surface area contributed by atoms with Crippen LogP contribution in [0.5, 0.6) is 11.5 Å². The maximum atomic E-state index is 12.7. The van der Waals surface area contributed by atoms with E-state index in [1.54, 1.807) is 12.1 Å². The summed E-state index contributed by atoms with van der Waals surface area (Å²) >= 11 is 2.98. The summed E-state index contributed by atoms with van der Waals surface area (Å²) < 4.78 is 58.4. The zero-order valence-corrected chi connectivity index (χ0v) is 12.0. The first kappa shape index (κ1) is 15.6. The van der Waals surface area contributed by atoms with Gasteiger partial charge in [0.2, 0.25) is 0 Å². The molecule has 0 aliphatic rings. The van der Waals surface area contributed by atoms with Crippen molar-refractivity contribution >= 4 is 15.9 Å². The van der Waals surface area contributed by atoms with E-state index in [4.69, 9.17) is 4.74 Å². The van der Waals surface area contributed by atoms with Crippen molar-refractivity contribution in [1.82, 2.24) is 0 Å². The van der Waals surface area contributed by atoms with Crippen LogP contribution in [0.4, 0.5) is 17.6 Å². The summed E-state index contributed by atoms with van der Waals surface area (Å²) in [5.41, 5.74) is 0.739. The van der Waals surface area contributed by atoms with Crippen LogP contribution in [0.3, 0.4) is 0 Å². The lowest BCUT2D eigenvalue weighted by Gasteiger charge is -2.12. The number of alkyl halides is 3. The third-order valence-electron chi connectivity index (χ3n) is 2.45. The Hall–Kier alpha value is -1.76. The monoisotopic (exact) mass is 364 g/mol. The standard InChI is InChI=1S/C14H9BrF4O2/c15-12-7-11(5-6-13(12)21-14(17,18)19)20-8-9-1-3-10(16)4-2-9/h1-7H,8H2. The van der Waals surface area contributed by atoms with Crippen LogP contribution in [0.25, 0.3) is 0 Å². The largest absolute Gasteiger partial charge is 0.573 e. The molecule has 0 bridgehead atoms. The fourth-order valence-electron chi connectivity index (χ4n) is 1.53. The fourth-order valence-corrected chi connectivity index (χ4v) is 1.96. The lowest BCUT2D eigenvalue weighted by atomic mass is 10.2. The van der Waals surface area contributed by atoms with Gasteiger partial charge in [-0.15, -0.1) is 13.2 Å². The molecular formula is C14H9BrF4O2. The van der Waals surface area contributed by atoms with Crippen molar-refractivity contribution in [1.29, 1.82) is 0 Å². The van der Waals surface area contributed by atoms with Crippen molar-refractivity contribution in [2.75, 3.05) is 0 Å². The fraction of sp³-hybridized carbons (Fsp3) is 0.143.